The molecule has 1 heterocycles. The molecule has 0 bridgehead atoms. The third kappa shape index (κ3) is 2.38. The van der Waals surface area contributed by atoms with E-state index in [1.807, 2.05) is 0 Å². The Morgan fingerprint density at radius 1 is 1.33 bits per heavy atom. The van der Waals surface area contributed by atoms with Crippen LogP contribution in [0, 0.1) is 0 Å². The molecule has 0 saturated carbocycles. The predicted octanol–water partition coefficient (Wildman–Crippen LogP) is -0.00730. The molecule has 2 N–H and O–H groups in total. The lowest BCUT2D eigenvalue weighted by molar-refractivity contribution is -0.136. The molecular formula is C12H12N2O4. The zero-order valence-electron chi connectivity index (χ0n) is 9.50. The first-order chi connectivity index (χ1) is 8.59. The second-order valence-electron chi connectivity index (χ2n) is 3.93. The average Bonchev–Trinajstić information content (AvgIpc) is 2.63. The number of anilines is 1. The van der Waals surface area contributed by atoms with Crippen LogP contribution in [0.1, 0.15) is 6.42 Å². The highest BCUT2D eigenvalue weighted by Gasteiger charge is 2.39. The Bertz CT molecular complexity index is 486. The molecule has 2 rings (SSSR count). The van der Waals surface area contributed by atoms with Crippen LogP contribution in [0.4, 0.5) is 5.69 Å². The van der Waals surface area contributed by atoms with Crippen molar-refractivity contribution in [1.82, 2.24) is 5.32 Å². The number of carbonyl (C=O) groups is 3. The molecule has 1 saturated heterocycles. The van der Waals surface area contributed by atoms with Crippen LogP contribution in [0.5, 0.6) is 0 Å². The Morgan fingerprint density at radius 3 is 2.61 bits per heavy atom. The molecule has 1 atom stereocenters. The van der Waals surface area contributed by atoms with E-state index in [0.717, 1.165) is 4.90 Å². The maximum Gasteiger partial charge on any atom is 0.317 e. The average molecular weight is 248 g/mol. The number of benzene rings is 1. The molecule has 1 aromatic rings. The summed E-state index contributed by atoms with van der Waals surface area (Å²) in [5.41, 5.74) is 0.507. The molecule has 0 aliphatic carbocycles. The predicted molar refractivity (Wildman–Crippen MR) is 63.0 cm³/mol. The topological polar surface area (TPSA) is 86.7 Å². The molecule has 1 aromatic carbocycles. The standard InChI is InChI=1S/C12H12N2O4/c15-10-6-9(13-7-11(16)17)12(18)14(10)8-4-2-1-3-5-8/h1-5,9,13H,6-7H2,(H,16,17). The van der Waals surface area contributed by atoms with Crippen LogP contribution < -0.4 is 10.2 Å². The highest BCUT2D eigenvalue weighted by atomic mass is 16.4. The van der Waals surface area contributed by atoms with Crippen molar-refractivity contribution >= 4 is 23.5 Å². The third-order valence-corrected chi connectivity index (χ3v) is 2.66. The van der Waals surface area contributed by atoms with Gasteiger partial charge in [-0.15, -0.1) is 0 Å². The maximum absolute atomic E-state index is 12.0. The van der Waals surface area contributed by atoms with Crippen molar-refractivity contribution in [1.29, 1.82) is 0 Å². The third-order valence-electron chi connectivity index (χ3n) is 2.66. The Hall–Kier alpha value is -2.21. The van der Waals surface area contributed by atoms with Gasteiger partial charge in [0.2, 0.25) is 5.91 Å². The molecule has 0 aromatic heterocycles. The lowest BCUT2D eigenvalue weighted by Crippen LogP contribution is -2.40. The highest BCUT2D eigenvalue weighted by molar-refractivity contribution is 6.22. The van der Waals surface area contributed by atoms with E-state index in [2.05, 4.69) is 5.32 Å². The summed E-state index contributed by atoms with van der Waals surface area (Å²) < 4.78 is 0. The molecule has 0 radical (unpaired) electrons. The second kappa shape index (κ2) is 4.97. The van der Waals surface area contributed by atoms with Crippen molar-refractivity contribution in [2.24, 2.45) is 0 Å². The summed E-state index contributed by atoms with van der Waals surface area (Å²) in [6.45, 7) is -0.341. The van der Waals surface area contributed by atoms with Gasteiger partial charge < -0.3 is 5.11 Å². The van der Waals surface area contributed by atoms with Gasteiger partial charge in [0.15, 0.2) is 0 Å². The number of carboxylic acids is 1. The van der Waals surface area contributed by atoms with Crippen LogP contribution in [0.25, 0.3) is 0 Å². The molecule has 0 spiro atoms. The fourth-order valence-corrected chi connectivity index (χ4v) is 1.85. The molecule has 2 amide bonds. The smallest absolute Gasteiger partial charge is 0.317 e. The van der Waals surface area contributed by atoms with Crippen molar-refractivity contribution < 1.29 is 19.5 Å². The van der Waals surface area contributed by atoms with Crippen molar-refractivity contribution in [3.63, 3.8) is 0 Å². The Balaban J connectivity index is 2.12. The van der Waals surface area contributed by atoms with Crippen molar-refractivity contribution in [3.8, 4) is 0 Å². The quantitative estimate of drug-likeness (QED) is 0.732. The number of amides is 2. The van der Waals surface area contributed by atoms with Crippen LogP contribution in [0.15, 0.2) is 30.3 Å². The van der Waals surface area contributed by atoms with E-state index in [0.29, 0.717) is 5.69 Å². The van der Waals surface area contributed by atoms with E-state index in [-0.39, 0.29) is 18.9 Å². The number of hydrogen-bond donors (Lipinski definition) is 2. The number of aliphatic carboxylic acids is 1. The van der Waals surface area contributed by atoms with Gasteiger partial charge in [0.1, 0.15) is 0 Å². The second-order valence-corrected chi connectivity index (χ2v) is 3.93. The molecule has 18 heavy (non-hydrogen) atoms. The summed E-state index contributed by atoms with van der Waals surface area (Å²) >= 11 is 0. The van der Waals surface area contributed by atoms with Crippen molar-refractivity contribution in [2.75, 3.05) is 11.4 Å². The van der Waals surface area contributed by atoms with Gasteiger partial charge in [0, 0.05) is 0 Å². The van der Waals surface area contributed by atoms with Crippen LogP contribution in [-0.2, 0) is 14.4 Å². The van der Waals surface area contributed by atoms with Gasteiger partial charge in [-0.2, -0.15) is 0 Å². The zero-order chi connectivity index (χ0) is 13.1. The summed E-state index contributed by atoms with van der Waals surface area (Å²) in [5, 5.41) is 11.1. The van der Waals surface area contributed by atoms with E-state index in [4.69, 9.17) is 5.11 Å². The maximum atomic E-state index is 12.0. The first-order valence-corrected chi connectivity index (χ1v) is 5.46. The van der Waals surface area contributed by atoms with Gasteiger partial charge in [0.05, 0.1) is 24.7 Å². The Morgan fingerprint density at radius 2 is 2.00 bits per heavy atom. The lowest BCUT2D eigenvalue weighted by atomic mass is 10.2. The highest BCUT2D eigenvalue weighted by Crippen LogP contribution is 2.22. The number of nitrogens with one attached hydrogen (secondary N) is 1. The van der Waals surface area contributed by atoms with Crippen LogP contribution in [0.2, 0.25) is 0 Å². The number of para-hydroxylation sites is 1. The van der Waals surface area contributed by atoms with E-state index >= 15 is 0 Å². The fraction of sp³-hybridized carbons (Fsp3) is 0.250. The van der Waals surface area contributed by atoms with Crippen LogP contribution in [-0.4, -0.2) is 35.5 Å². The molecule has 94 valence electrons. The summed E-state index contributed by atoms with van der Waals surface area (Å²) in [6, 6.07) is 7.81. The number of imide groups is 1. The van der Waals surface area contributed by atoms with Gasteiger partial charge in [-0.05, 0) is 12.1 Å². The minimum Gasteiger partial charge on any atom is -0.480 e. The number of rotatable bonds is 4. The summed E-state index contributed by atoms with van der Waals surface area (Å²) in [6.07, 6.45) is -0.0129. The summed E-state index contributed by atoms with van der Waals surface area (Å²) in [4.78, 5) is 35.2. The van der Waals surface area contributed by atoms with Gasteiger partial charge in [-0.3, -0.25) is 19.7 Å². The Kier molecular flexibility index (Phi) is 3.38. The molecule has 1 fully saturated rings. The van der Waals surface area contributed by atoms with Gasteiger partial charge >= 0.3 is 5.97 Å². The molecule has 1 aliphatic heterocycles. The van der Waals surface area contributed by atoms with Crippen LogP contribution in [0.3, 0.4) is 0 Å². The SMILES string of the molecule is O=C(O)CNC1CC(=O)N(c2ccccc2)C1=O. The number of nitrogens with zero attached hydrogens (tertiary/aromatic N) is 1. The summed E-state index contributed by atoms with van der Waals surface area (Å²) in [7, 11) is 0. The number of carboxylic acid groups (broad SMARTS) is 1. The van der Waals surface area contributed by atoms with Gasteiger partial charge in [0.25, 0.3) is 5.91 Å². The molecule has 6 nitrogen and oxygen atoms in total. The minimum atomic E-state index is -1.06. The normalized spacial score (nSPS) is 19.3. The van der Waals surface area contributed by atoms with Crippen LogP contribution >= 0.6 is 0 Å². The molecule has 1 aliphatic rings. The molecular weight excluding hydrogens is 236 g/mol. The lowest BCUT2D eigenvalue weighted by Gasteiger charge is -2.14. The largest absolute Gasteiger partial charge is 0.480 e. The van der Waals surface area contributed by atoms with E-state index in [1.165, 1.54) is 0 Å². The number of hydrogen-bond acceptors (Lipinski definition) is 4. The summed E-state index contributed by atoms with van der Waals surface area (Å²) in [5.74, 6) is -1.80. The van der Waals surface area contributed by atoms with E-state index in [9.17, 15) is 14.4 Å². The molecule has 6 heteroatoms. The first kappa shape index (κ1) is 12.3. The first-order valence-electron chi connectivity index (χ1n) is 5.46. The van der Waals surface area contributed by atoms with Crippen molar-refractivity contribution in [3.05, 3.63) is 30.3 Å². The van der Waals surface area contributed by atoms with E-state index in [1.54, 1.807) is 30.3 Å². The zero-order valence-corrected chi connectivity index (χ0v) is 9.50. The molecule has 1 unspecified atom stereocenters. The van der Waals surface area contributed by atoms with Crippen molar-refractivity contribution in [2.45, 2.75) is 12.5 Å². The number of carbonyl (C=O) groups excluding carboxylic acids is 2. The van der Waals surface area contributed by atoms with Gasteiger partial charge in [-0.1, -0.05) is 18.2 Å². The monoisotopic (exact) mass is 248 g/mol. The minimum absolute atomic E-state index is 0.0129. The Labute approximate surface area is 103 Å². The van der Waals surface area contributed by atoms with Gasteiger partial charge in [-0.25, -0.2) is 4.90 Å². The fourth-order valence-electron chi connectivity index (χ4n) is 1.85. The van der Waals surface area contributed by atoms with E-state index < -0.39 is 17.9 Å².